The van der Waals surface area contributed by atoms with E-state index in [1.807, 2.05) is 24.3 Å². The first kappa shape index (κ1) is 21.6. The summed E-state index contributed by atoms with van der Waals surface area (Å²) in [6.07, 6.45) is -0.744. The Morgan fingerprint density at radius 1 is 1.12 bits per heavy atom. The third-order valence-electron chi connectivity index (χ3n) is 4.74. The number of benzene rings is 1. The van der Waals surface area contributed by atoms with E-state index < -0.39 is 31.0 Å². The lowest BCUT2D eigenvalue weighted by atomic mass is 10.0. The van der Waals surface area contributed by atoms with Crippen LogP contribution in [0.5, 0.6) is 0 Å². The van der Waals surface area contributed by atoms with Crippen molar-refractivity contribution >= 4 is 11.6 Å². The summed E-state index contributed by atoms with van der Waals surface area (Å²) in [5.74, 6) is 0. The average molecular weight is 388 g/mol. The summed E-state index contributed by atoms with van der Waals surface area (Å²) in [4.78, 5) is 2.08. The fourth-order valence-electron chi connectivity index (χ4n) is 3.23. The summed E-state index contributed by atoms with van der Waals surface area (Å²) in [6.45, 7) is 1.56. The first-order chi connectivity index (χ1) is 12.5. The van der Waals surface area contributed by atoms with Gasteiger partial charge in [-0.1, -0.05) is 36.6 Å². The van der Waals surface area contributed by atoms with E-state index in [-0.39, 0.29) is 6.54 Å². The van der Waals surface area contributed by atoms with Crippen molar-refractivity contribution in [2.75, 3.05) is 26.3 Å². The van der Waals surface area contributed by atoms with Gasteiger partial charge < -0.3 is 25.2 Å². The average Bonchev–Trinajstić information content (AvgIpc) is 2.63. The summed E-state index contributed by atoms with van der Waals surface area (Å²) in [5, 5.41) is 40.7. The second-order valence-electron chi connectivity index (χ2n) is 6.92. The van der Waals surface area contributed by atoms with E-state index >= 15 is 0 Å². The number of aliphatic hydroxyl groups excluding tert-OH is 4. The summed E-state index contributed by atoms with van der Waals surface area (Å²) in [7, 11) is 0. The molecule has 1 aliphatic heterocycles. The molecule has 7 heteroatoms. The van der Waals surface area contributed by atoms with Gasteiger partial charge in [0, 0.05) is 24.7 Å². The van der Waals surface area contributed by atoms with E-state index in [4.69, 9.17) is 16.3 Å². The number of halogens is 1. The monoisotopic (exact) mass is 387 g/mol. The lowest BCUT2D eigenvalue weighted by Gasteiger charge is -2.33. The van der Waals surface area contributed by atoms with E-state index in [0.717, 1.165) is 37.8 Å². The number of aliphatic hydroxyl groups is 4. The number of β-amino-alcohol motifs (C(OH)–C–C–N with tert-alkyl or cyclic N) is 1. The Hall–Kier alpha value is -0.730. The molecule has 0 bridgehead atoms. The highest BCUT2D eigenvalue weighted by Crippen LogP contribution is 2.17. The molecule has 1 aliphatic rings. The first-order valence-electron chi connectivity index (χ1n) is 9.24. The van der Waals surface area contributed by atoms with Gasteiger partial charge in [0.05, 0.1) is 12.7 Å². The first-order valence-corrected chi connectivity index (χ1v) is 9.62. The zero-order valence-corrected chi connectivity index (χ0v) is 15.8. The summed E-state index contributed by atoms with van der Waals surface area (Å²) in [6, 6.07) is 7.56. The SMILES string of the molecule is OC[C@@H](O)[C@H]1OCCCCCCN(Cc2ccc(Cl)cc2)C[C@H](O)[C@H]1O. The molecule has 1 heterocycles. The molecule has 0 aromatic heterocycles. The molecule has 0 radical (unpaired) electrons. The zero-order valence-electron chi connectivity index (χ0n) is 15.0. The van der Waals surface area contributed by atoms with E-state index in [1.54, 1.807) is 0 Å². The van der Waals surface area contributed by atoms with Crippen LogP contribution < -0.4 is 0 Å². The second kappa shape index (κ2) is 11.2. The van der Waals surface area contributed by atoms with Crippen molar-refractivity contribution < 1.29 is 25.2 Å². The van der Waals surface area contributed by atoms with Crippen molar-refractivity contribution in [3.63, 3.8) is 0 Å². The maximum atomic E-state index is 10.5. The van der Waals surface area contributed by atoms with Crippen LogP contribution in [-0.4, -0.2) is 76.0 Å². The molecule has 4 atom stereocenters. The van der Waals surface area contributed by atoms with Gasteiger partial charge in [-0.15, -0.1) is 0 Å². The van der Waals surface area contributed by atoms with Gasteiger partial charge in [0.1, 0.15) is 18.3 Å². The lowest BCUT2D eigenvalue weighted by molar-refractivity contribution is -0.147. The minimum absolute atomic E-state index is 0.252. The lowest BCUT2D eigenvalue weighted by Crippen LogP contribution is -2.51. The van der Waals surface area contributed by atoms with Crippen LogP contribution >= 0.6 is 11.6 Å². The van der Waals surface area contributed by atoms with Crippen LogP contribution in [0.25, 0.3) is 0 Å². The van der Waals surface area contributed by atoms with Gasteiger partial charge in [-0.25, -0.2) is 0 Å². The smallest absolute Gasteiger partial charge is 0.114 e. The Kier molecular flexibility index (Phi) is 9.28. The Morgan fingerprint density at radius 3 is 2.50 bits per heavy atom. The highest BCUT2D eigenvalue weighted by Gasteiger charge is 2.33. The van der Waals surface area contributed by atoms with Crippen LogP contribution in [-0.2, 0) is 11.3 Å². The standard InChI is InChI=1S/C19H30ClNO5/c20-15-7-5-14(6-8-15)11-21-9-3-1-2-4-10-26-19(17(24)13-22)18(25)16(23)12-21/h5-8,16-19,22-25H,1-4,9-13H2/t16-,17+,18+,19+/m0/s1. The van der Waals surface area contributed by atoms with Crippen LogP contribution in [0.2, 0.25) is 5.02 Å². The highest BCUT2D eigenvalue weighted by molar-refractivity contribution is 6.30. The van der Waals surface area contributed by atoms with Crippen molar-refractivity contribution in [1.82, 2.24) is 4.90 Å². The zero-order chi connectivity index (χ0) is 18.9. The number of hydrogen-bond donors (Lipinski definition) is 4. The third-order valence-corrected chi connectivity index (χ3v) is 4.99. The van der Waals surface area contributed by atoms with Crippen molar-refractivity contribution in [3.8, 4) is 0 Å². The molecule has 0 unspecified atom stereocenters. The van der Waals surface area contributed by atoms with Gasteiger partial charge in [-0.2, -0.15) is 0 Å². The van der Waals surface area contributed by atoms with E-state index in [1.165, 1.54) is 0 Å². The largest absolute Gasteiger partial charge is 0.394 e. The number of hydrogen-bond acceptors (Lipinski definition) is 6. The molecule has 0 spiro atoms. The van der Waals surface area contributed by atoms with E-state index in [9.17, 15) is 20.4 Å². The topological polar surface area (TPSA) is 93.4 Å². The van der Waals surface area contributed by atoms with Crippen molar-refractivity contribution in [3.05, 3.63) is 34.9 Å². The summed E-state index contributed by atoms with van der Waals surface area (Å²) >= 11 is 5.93. The second-order valence-corrected chi connectivity index (χ2v) is 7.36. The molecule has 26 heavy (non-hydrogen) atoms. The maximum absolute atomic E-state index is 10.5. The predicted octanol–water partition coefficient (Wildman–Crippen LogP) is 1.18. The molecule has 1 aromatic rings. The van der Waals surface area contributed by atoms with Crippen LogP contribution in [0.4, 0.5) is 0 Å². The molecule has 2 rings (SSSR count). The highest BCUT2D eigenvalue weighted by atomic mass is 35.5. The molecule has 1 aromatic carbocycles. The van der Waals surface area contributed by atoms with Gasteiger partial charge in [-0.3, -0.25) is 4.90 Å². The van der Waals surface area contributed by atoms with Crippen LogP contribution in [0, 0.1) is 0 Å². The van der Waals surface area contributed by atoms with Gasteiger partial charge in [0.2, 0.25) is 0 Å². The van der Waals surface area contributed by atoms with Gasteiger partial charge in [0.25, 0.3) is 0 Å². The van der Waals surface area contributed by atoms with E-state index in [0.29, 0.717) is 18.2 Å². The predicted molar refractivity (Wildman–Crippen MR) is 100 cm³/mol. The molecule has 1 fully saturated rings. The fraction of sp³-hybridized carbons (Fsp3) is 0.684. The third kappa shape index (κ3) is 6.78. The van der Waals surface area contributed by atoms with Crippen molar-refractivity contribution in [1.29, 1.82) is 0 Å². The van der Waals surface area contributed by atoms with Crippen LogP contribution in [0.3, 0.4) is 0 Å². The minimum atomic E-state index is -1.27. The van der Waals surface area contributed by atoms with Gasteiger partial charge >= 0.3 is 0 Å². The van der Waals surface area contributed by atoms with Gasteiger partial charge in [-0.05, 0) is 37.1 Å². The molecule has 4 N–H and O–H groups in total. The molecule has 1 saturated heterocycles. The Bertz CT molecular complexity index is 515. The van der Waals surface area contributed by atoms with E-state index in [2.05, 4.69) is 4.90 Å². The number of rotatable bonds is 4. The number of ether oxygens (including phenoxy) is 1. The van der Waals surface area contributed by atoms with Crippen molar-refractivity contribution in [2.24, 2.45) is 0 Å². The molecule has 6 nitrogen and oxygen atoms in total. The maximum Gasteiger partial charge on any atom is 0.114 e. The molecule has 0 amide bonds. The Morgan fingerprint density at radius 2 is 1.81 bits per heavy atom. The van der Waals surface area contributed by atoms with Crippen LogP contribution in [0.15, 0.2) is 24.3 Å². The number of nitrogens with zero attached hydrogens (tertiary/aromatic N) is 1. The van der Waals surface area contributed by atoms with Gasteiger partial charge in [0.15, 0.2) is 0 Å². The molecule has 148 valence electrons. The fourth-order valence-corrected chi connectivity index (χ4v) is 3.35. The quantitative estimate of drug-likeness (QED) is 0.620. The normalized spacial score (nSPS) is 28.1. The van der Waals surface area contributed by atoms with Crippen molar-refractivity contribution in [2.45, 2.75) is 56.6 Å². The molecule has 0 aliphatic carbocycles. The Labute approximate surface area is 160 Å². The minimum Gasteiger partial charge on any atom is -0.394 e. The molecule has 0 saturated carbocycles. The summed E-state index contributed by atoms with van der Waals surface area (Å²) in [5.41, 5.74) is 1.08. The molecular formula is C19H30ClNO5. The summed E-state index contributed by atoms with van der Waals surface area (Å²) < 4.78 is 5.56. The Balaban J connectivity index is 2.07. The van der Waals surface area contributed by atoms with Crippen LogP contribution in [0.1, 0.15) is 31.2 Å². The molecular weight excluding hydrogens is 358 g/mol.